The number of hydrogen-bond donors (Lipinski definition) is 2. The van der Waals surface area contributed by atoms with Crippen LogP contribution < -0.4 is 10.2 Å². The van der Waals surface area contributed by atoms with E-state index in [1.165, 1.54) is 0 Å². The summed E-state index contributed by atoms with van der Waals surface area (Å²) >= 11 is 0. The van der Waals surface area contributed by atoms with Crippen LogP contribution in [0.25, 0.3) is 0 Å². The molecule has 0 aromatic heterocycles. The molecule has 19 heavy (non-hydrogen) atoms. The lowest BCUT2D eigenvalue weighted by atomic mass is 10.1. The monoisotopic (exact) mass is 259 g/mol. The van der Waals surface area contributed by atoms with Gasteiger partial charge in [-0.2, -0.15) is 5.26 Å². The van der Waals surface area contributed by atoms with E-state index in [9.17, 15) is 9.90 Å². The predicted molar refractivity (Wildman–Crippen MR) is 72.0 cm³/mol. The molecular formula is C14H17N3O2. The normalized spacial score (nSPS) is 23.5. The number of nitriles is 1. The van der Waals surface area contributed by atoms with E-state index < -0.39 is 11.9 Å². The number of aliphatic carboxylic acids is 1. The van der Waals surface area contributed by atoms with Crippen LogP contribution in [0.1, 0.15) is 12.5 Å². The van der Waals surface area contributed by atoms with Gasteiger partial charge in [-0.3, -0.25) is 4.79 Å². The third-order valence-corrected chi connectivity index (χ3v) is 3.46. The van der Waals surface area contributed by atoms with Crippen LogP contribution in [0.2, 0.25) is 0 Å². The quantitative estimate of drug-likeness (QED) is 0.830. The van der Waals surface area contributed by atoms with Crippen LogP contribution in [-0.2, 0) is 4.79 Å². The first-order valence-corrected chi connectivity index (χ1v) is 6.32. The summed E-state index contributed by atoms with van der Waals surface area (Å²) in [5.74, 6) is -1.19. The second-order valence-corrected chi connectivity index (χ2v) is 4.85. The topological polar surface area (TPSA) is 76.4 Å². The predicted octanol–water partition coefficient (Wildman–Crippen LogP) is 1.06. The Hall–Kier alpha value is -2.06. The van der Waals surface area contributed by atoms with Crippen molar-refractivity contribution >= 4 is 11.7 Å². The lowest BCUT2D eigenvalue weighted by Gasteiger charge is -2.30. The van der Waals surface area contributed by atoms with E-state index in [1.807, 2.05) is 12.1 Å². The summed E-state index contributed by atoms with van der Waals surface area (Å²) in [7, 11) is 0. The van der Waals surface area contributed by atoms with E-state index in [1.54, 1.807) is 12.1 Å². The highest BCUT2D eigenvalue weighted by Crippen LogP contribution is 2.21. The van der Waals surface area contributed by atoms with E-state index in [-0.39, 0.29) is 6.04 Å². The summed E-state index contributed by atoms with van der Waals surface area (Å²) in [5, 5.41) is 21.2. The molecule has 0 amide bonds. The zero-order chi connectivity index (χ0) is 13.8. The van der Waals surface area contributed by atoms with E-state index in [0.717, 1.165) is 12.2 Å². The van der Waals surface area contributed by atoms with Gasteiger partial charge in [0.2, 0.25) is 0 Å². The van der Waals surface area contributed by atoms with Crippen molar-refractivity contribution in [3.8, 4) is 6.07 Å². The zero-order valence-corrected chi connectivity index (χ0v) is 10.8. The number of benzene rings is 1. The Kier molecular flexibility index (Phi) is 4.03. The molecule has 0 radical (unpaired) electrons. The van der Waals surface area contributed by atoms with Crippen molar-refractivity contribution in [1.29, 1.82) is 5.26 Å². The van der Waals surface area contributed by atoms with Crippen molar-refractivity contribution in [3.63, 3.8) is 0 Å². The average Bonchev–Trinajstić information content (AvgIpc) is 2.61. The molecule has 0 aliphatic carbocycles. The first-order chi connectivity index (χ1) is 9.11. The lowest BCUT2D eigenvalue weighted by molar-refractivity contribution is -0.141. The zero-order valence-electron chi connectivity index (χ0n) is 10.8. The van der Waals surface area contributed by atoms with Crippen LogP contribution in [0.15, 0.2) is 24.3 Å². The van der Waals surface area contributed by atoms with E-state index in [4.69, 9.17) is 5.26 Å². The smallest absolute Gasteiger partial charge is 0.309 e. The van der Waals surface area contributed by atoms with Gasteiger partial charge in [-0.05, 0) is 31.2 Å². The minimum atomic E-state index is -0.778. The van der Waals surface area contributed by atoms with Gasteiger partial charge < -0.3 is 15.3 Å². The Labute approximate surface area is 112 Å². The summed E-state index contributed by atoms with van der Waals surface area (Å²) in [6.07, 6.45) is 0. The summed E-state index contributed by atoms with van der Waals surface area (Å²) < 4.78 is 0. The van der Waals surface area contributed by atoms with E-state index >= 15 is 0 Å². The molecular weight excluding hydrogens is 242 g/mol. The molecule has 1 heterocycles. The van der Waals surface area contributed by atoms with Gasteiger partial charge in [0, 0.05) is 31.4 Å². The molecule has 1 aromatic rings. The molecule has 2 rings (SSSR count). The molecule has 100 valence electrons. The number of carboxylic acids is 1. The third kappa shape index (κ3) is 3.04. The average molecular weight is 259 g/mol. The molecule has 5 heteroatoms. The largest absolute Gasteiger partial charge is 0.481 e. The Morgan fingerprint density at radius 2 is 2.11 bits per heavy atom. The van der Waals surface area contributed by atoms with Crippen molar-refractivity contribution in [2.75, 3.05) is 24.5 Å². The molecule has 2 N–H and O–H groups in total. The van der Waals surface area contributed by atoms with Gasteiger partial charge >= 0.3 is 5.97 Å². The Morgan fingerprint density at radius 3 is 2.68 bits per heavy atom. The molecule has 1 aliphatic rings. The molecule has 1 saturated heterocycles. The summed E-state index contributed by atoms with van der Waals surface area (Å²) in [5.41, 5.74) is 1.57. The maximum Gasteiger partial charge on any atom is 0.309 e. The molecule has 1 aromatic carbocycles. The summed E-state index contributed by atoms with van der Waals surface area (Å²) in [4.78, 5) is 13.3. The Balaban J connectivity index is 2.23. The highest BCUT2D eigenvalue weighted by atomic mass is 16.4. The maximum atomic E-state index is 11.2. The standard InChI is InChI=1S/C14H17N3O2/c1-10-7-16-8-12(14(18)19)9-17(10)13-4-2-11(6-15)3-5-13/h2-5,10,12,16H,7-9H2,1H3,(H,18,19). The minimum absolute atomic E-state index is 0.220. The fourth-order valence-electron chi connectivity index (χ4n) is 2.31. The summed E-state index contributed by atoms with van der Waals surface area (Å²) in [6.45, 7) is 3.79. The number of carbonyl (C=O) groups is 1. The number of carboxylic acid groups (broad SMARTS) is 1. The second kappa shape index (κ2) is 5.72. The van der Waals surface area contributed by atoms with Crippen LogP contribution in [0, 0.1) is 17.2 Å². The van der Waals surface area contributed by atoms with Gasteiger partial charge in [0.15, 0.2) is 0 Å². The van der Waals surface area contributed by atoms with Crippen molar-refractivity contribution in [2.45, 2.75) is 13.0 Å². The molecule has 2 unspecified atom stereocenters. The van der Waals surface area contributed by atoms with Gasteiger partial charge in [-0.25, -0.2) is 0 Å². The fourth-order valence-corrected chi connectivity index (χ4v) is 2.31. The van der Waals surface area contributed by atoms with E-state index in [0.29, 0.717) is 18.7 Å². The SMILES string of the molecule is CC1CNCC(C(=O)O)CN1c1ccc(C#N)cc1. The number of anilines is 1. The molecule has 0 saturated carbocycles. The van der Waals surface area contributed by atoms with Crippen LogP contribution in [0.3, 0.4) is 0 Å². The van der Waals surface area contributed by atoms with Gasteiger partial charge in [-0.15, -0.1) is 0 Å². The number of nitrogens with one attached hydrogen (secondary N) is 1. The van der Waals surface area contributed by atoms with E-state index in [2.05, 4.69) is 23.2 Å². The number of hydrogen-bond acceptors (Lipinski definition) is 4. The van der Waals surface area contributed by atoms with Crippen LogP contribution in [-0.4, -0.2) is 36.8 Å². The number of rotatable bonds is 2. The van der Waals surface area contributed by atoms with Crippen molar-refractivity contribution < 1.29 is 9.90 Å². The van der Waals surface area contributed by atoms with Crippen molar-refractivity contribution in [3.05, 3.63) is 29.8 Å². The first-order valence-electron chi connectivity index (χ1n) is 6.32. The van der Waals surface area contributed by atoms with Crippen LogP contribution in [0.5, 0.6) is 0 Å². The molecule has 0 spiro atoms. The van der Waals surface area contributed by atoms with Crippen molar-refractivity contribution in [2.24, 2.45) is 5.92 Å². The van der Waals surface area contributed by atoms with Gasteiger partial charge in [0.25, 0.3) is 0 Å². The van der Waals surface area contributed by atoms with Gasteiger partial charge in [0.1, 0.15) is 0 Å². The molecule has 1 aliphatic heterocycles. The molecule has 1 fully saturated rings. The van der Waals surface area contributed by atoms with Gasteiger partial charge in [0.05, 0.1) is 17.6 Å². The van der Waals surface area contributed by atoms with Gasteiger partial charge in [-0.1, -0.05) is 0 Å². The maximum absolute atomic E-state index is 11.2. The minimum Gasteiger partial charge on any atom is -0.481 e. The lowest BCUT2D eigenvalue weighted by Crippen LogP contribution is -2.39. The van der Waals surface area contributed by atoms with Crippen molar-refractivity contribution in [1.82, 2.24) is 5.32 Å². The molecule has 5 nitrogen and oxygen atoms in total. The second-order valence-electron chi connectivity index (χ2n) is 4.85. The number of nitrogens with zero attached hydrogens (tertiary/aromatic N) is 2. The third-order valence-electron chi connectivity index (χ3n) is 3.46. The molecule has 0 bridgehead atoms. The first kappa shape index (κ1) is 13.4. The summed E-state index contributed by atoms with van der Waals surface area (Å²) in [6, 6.07) is 9.57. The highest BCUT2D eigenvalue weighted by Gasteiger charge is 2.27. The fraction of sp³-hybridized carbons (Fsp3) is 0.429. The Morgan fingerprint density at radius 1 is 1.42 bits per heavy atom. The molecule has 2 atom stereocenters. The van der Waals surface area contributed by atoms with Crippen LogP contribution >= 0.6 is 0 Å². The highest BCUT2D eigenvalue weighted by molar-refractivity contribution is 5.71. The van der Waals surface area contributed by atoms with Crippen LogP contribution in [0.4, 0.5) is 5.69 Å². The Bertz CT molecular complexity index is 492.